The topological polar surface area (TPSA) is 89.7 Å². The Hall–Kier alpha value is -2.65. The average molecular weight is 418 g/mol. The lowest BCUT2D eigenvalue weighted by Crippen LogP contribution is -2.35. The number of nitrogens with zero attached hydrogens (tertiary/aromatic N) is 2. The third-order valence-corrected chi connectivity index (χ3v) is 7.97. The Morgan fingerprint density at radius 3 is 2.89 bits per heavy atom. The summed E-state index contributed by atoms with van der Waals surface area (Å²) < 4.78 is 38.3. The Labute approximate surface area is 166 Å². The quantitative estimate of drug-likeness (QED) is 0.587. The number of hydrogen-bond acceptors (Lipinski definition) is 7. The van der Waals surface area contributed by atoms with E-state index in [1.54, 1.807) is 19.1 Å². The molecule has 0 saturated carbocycles. The smallest absolute Gasteiger partial charge is 0.360 e. The van der Waals surface area contributed by atoms with Crippen molar-refractivity contribution < 1.29 is 22.5 Å². The van der Waals surface area contributed by atoms with Gasteiger partial charge in [0.1, 0.15) is 4.21 Å². The Kier molecular flexibility index (Phi) is 4.72. The van der Waals surface area contributed by atoms with Crippen LogP contribution >= 0.6 is 11.3 Å². The molecule has 0 fully saturated rings. The SMILES string of the molecule is CCOC(=O)c1cc(-c2ccc(S(=O)(=O)N3c4ccccc4C[C@@H]3C)s2)on1. The van der Waals surface area contributed by atoms with Gasteiger partial charge in [-0.05, 0) is 44.0 Å². The summed E-state index contributed by atoms with van der Waals surface area (Å²) in [5.74, 6) is -0.256. The molecule has 9 heteroatoms. The maximum Gasteiger partial charge on any atom is 0.360 e. The number of ether oxygens (including phenoxy) is 1. The first kappa shape index (κ1) is 18.7. The lowest BCUT2D eigenvalue weighted by atomic mass is 10.1. The molecule has 3 aromatic rings. The molecule has 28 heavy (non-hydrogen) atoms. The second-order valence-corrected chi connectivity index (χ2v) is 9.52. The van der Waals surface area contributed by atoms with Crippen molar-refractivity contribution in [3.05, 3.63) is 53.7 Å². The molecule has 0 N–H and O–H groups in total. The van der Waals surface area contributed by atoms with E-state index in [1.165, 1.54) is 10.4 Å². The van der Waals surface area contributed by atoms with Gasteiger partial charge in [0.05, 0.1) is 17.2 Å². The van der Waals surface area contributed by atoms with Crippen molar-refractivity contribution in [2.75, 3.05) is 10.9 Å². The van der Waals surface area contributed by atoms with Crippen LogP contribution < -0.4 is 4.31 Å². The molecule has 1 aromatic carbocycles. The number of para-hydroxylation sites is 1. The Morgan fingerprint density at radius 1 is 1.32 bits per heavy atom. The number of carbonyl (C=O) groups excluding carboxylic acids is 1. The predicted octanol–water partition coefficient (Wildman–Crippen LogP) is 3.72. The van der Waals surface area contributed by atoms with Crippen molar-refractivity contribution in [1.29, 1.82) is 0 Å². The largest absolute Gasteiger partial charge is 0.461 e. The van der Waals surface area contributed by atoms with Crippen molar-refractivity contribution in [1.82, 2.24) is 5.16 Å². The molecule has 0 unspecified atom stereocenters. The van der Waals surface area contributed by atoms with Gasteiger partial charge in [0.15, 0.2) is 11.5 Å². The summed E-state index contributed by atoms with van der Waals surface area (Å²) in [6.45, 7) is 3.83. The molecule has 0 amide bonds. The number of fused-ring (bicyclic) bond motifs is 1. The van der Waals surface area contributed by atoms with Crippen LogP contribution in [0.2, 0.25) is 0 Å². The number of benzene rings is 1. The summed E-state index contributed by atoms with van der Waals surface area (Å²) >= 11 is 1.08. The maximum absolute atomic E-state index is 13.3. The van der Waals surface area contributed by atoms with E-state index in [0.717, 1.165) is 16.9 Å². The van der Waals surface area contributed by atoms with Crippen molar-refractivity contribution >= 4 is 33.0 Å². The van der Waals surface area contributed by atoms with Gasteiger partial charge in [-0.1, -0.05) is 23.4 Å². The van der Waals surface area contributed by atoms with Crippen molar-refractivity contribution in [3.63, 3.8) is 0 Å². The highest BCUT2D eigenvalue weighted by molar-refractivity contribution is 7.94. The highest BCUT2D eigenvalue weighted by atomic mass is 32.2. The summed E-state index contributed by atoms with van der Waals surface area (Å²) in [6.07, 6.45) is 0.679. The van der Waals surface area contributed by atoms with Crippen LogP contribution in [0, 0.1) is 0 Å². The van der Waals surface area contributed by atoms with Crippen LogP contribution in [0.25, 0.3) is 10.6 Å². The molecule has 3 heterocycles. The lowest BCUT2D eigenvalue weighted by Gasteiger charge is -2.23. The van der Waals surface area contributed by atoms with Gasteiger partial charge in [0.2, 0.25) is 0 Å². The van der Waals surface area contributed by atoms with Gasteiger partial charge in [-0.15, -0.1) is 11.3 Å². The number of sulfonamides is 1. The molecular formula is C19H18N2O5S2. The van der Waals surface area contributed by atoms with Gasteiger partial charge in [0, 0.05) is 12.1 Å². The van der Waals surface area contributed by atoms with Gasteiger partial charge in [-0.25, -0.2) is 13.2 Å². The third-order valence-electron chi connectivity index (χ3n) is 4.48. The number of anilines is 1. The van der Waals surface area contributed by atoms with Crippen molar-refractivity contribution in [3.8, 4) is 10.6 Å². The Morgan fingerprint density at radius 2 is 2.11 bits per heavy atom. The van der Waals surface area contributed by atoms with Crippen LogP contribution in [0.15, 0.2) is 51.2 Å². The van der Waals surface area contributed by atoms with Crippen LogP contribution in [-0.2, 0) is 21.2 Å². The first-order valence-electron chi connectivity index (χ1n) is 8.78. The monoisotopic (exact) mass is 418 g/mol. The highest BCUT2D eigenvalue weighted by Gasteiger charge is 2.36. The zero-order chi connectivity index (χ0) is 19.9. The summed E-state index contributed by atoms with van der Waals surface area (Å²) in [5.41, 5.74) is 1.79. The highest BCUT2D eigenvalue weighted by Crippen LogP contribution is 2.39. The minimum absolute atomic E-state index is 0.0525. The number of hydrogen-bond donors (Lipinski definition) is 0. The Bertz CT molecular complexity index is 1130. The van der Waals surface area contributed by atoms with Crippen LogP contribution in [0.3, 0.4) is 0 Å². The van der Waals surface area contributed by atoms with Crippen LogP contribution in [0.1, 0.15) is 29.9 Å². The maximum atomic E-state index is 13.3. The van der Waals surface area contributed by atoms with Crippen LogP contribution in [-0.4, -0.2) is 32.2 Å². The normalized spacial score (nSPS) is 16.2. The van der Waals surface area contributed by atoms with Crippen LogP contribution in [0.4, 0.5) is 5.69 Å². The van der Waals surface area contributed by atoms with Gasteiger partial charge in [0.25, 0.3) is 10.0 Å². The number of aromatic nitrogens is 1. The standard InChI is InChI=1S/C19H18N2O5S2/c1-3-25-19(22)14-11-16(26-20-14)17-8-9-18(27-17)28(23,24)21-12(2)10-13-6-4-5-7-15(13)21/h4-9,11-12H,3,10H2,1-2H3/t12-/m0/s1. The summed E-state index contributed by atoms with van der Waals surface area (Å²) in [5, 5.41) is 3.70. The Balaban J connectivity index is 1.65. The molecule has 0 saturated heterocycles. The van der Waals surface area contributed by atoms with E-state index in [0.29, 0.717) is 22.7 Å². The molecule has 0 radical (unpaired) electrons. The average Bonchev–Trinajstić information content (AvgIpc) is 3.38. The molecular weight excluding hydrogens is 400 g/mol. The molecule has 2 aromatic heterocycles. The molecule has 0 aliphatic carbocycles. The number of thiophene rings is 1. The second-order valence-electron chi connectivity index (χ2n) is 6.40. The van der Waals surface area contributed by atoms with E-state index < -0.39 is 16.0 Å². The molecule has 0 bridgehead atoms. The summed E-state index contributed by atoms with van der Waals surface area (Å²) in [7, 11) is -3.71. The lowest BCUT2D eigenvalue weighted by molar-refractivity contribution is 0.0514. The minimum Gasteiger partial charge on any atom is -0.461 e. The van der Waals surface area contributed by atoms with Gasteiger partial charge < -0.3 is 9.26 Å². The first-order valence-corrected chi connectivity index (χ1v) is 11.0. The number of rotatable bonds is 5. The van der Waals surface area contributed by atoms with E-state index >= 15 is 0 Å². The predicted molar refractivity (Wildman–Crippen MR) is 105 cm³/mol. The molecule has 1 aliphatic rings. The summed E-state index contributed by atoms with van der Waals surface area (Å²) in [4.78, 5) is 12.3. The van der Waals surface area contributed by atoms with E-state index in [4.69, 9.17) is 9.26 Å². The summed E-state index contributed by atoms with van der Waals surface area (Å²) in [6, 6.07) is 12.0. The van der Waals surface area contributed by atoms with Gasteiger partial charge in [-0.3, -0.25) is 4.31 Å². The van der Waals surface area contributed by atoms with Crippen LogP contribution in [0.5, 0.6) is 0 Å². The molecule has 1 atom stereocenters. The van der Waals surface area contributed by atoms with Crippen molar-refractivity contribution in [2.24, 2.45) is 0 Å². The van der Waals surface area contributed by atoms with E-state index in [1.807, 2.05) is 31.2 Å². The van der Waals surface area contributed by atoms with Crippen molar-refractivity contribution in [2.45, 2.75) is 30.5 Å². The van der Waals surface area contributed by atoms with Gasteiger partial charge in [-0.2, -0.15) is 0 Å². The van der Waals surface area contributed by atoms with E-state index in [-0.39, 0.29) is 22.6 Å². The fourth-order valence-electron chi connectivity index (χ4n) is 3.28. The zero-order valence-electron chi connectivity index (χ0n) is 15.3. The second kappa shape index (κ2) is 7.06. The molecule has 1 aliphatic heterocycles. The number of esters is 1. The first-order chi connectivity index (χ1) is 13.4. The molecule has 146 valence electrons. The molecule has 4 rings (SSSR count). The third kappa shape index (κ3) is 3.10. The fraction of sp³-hybridized carbons (Fsp3) is 0.263. The zero-order valence-corrected chi connectivity index (χ0v) is 16.9. The van der Waals surface area contributed by atoms with Gasteiger partial charge >= 0.3 is 5.97 Å². The minimum atomic E-state index is -3.71. The molecule has 7 nitrogen and oxygen atoms in total. The van der Waals surface area contributed by atoms with E-state index in [9.17, 15) is 13.2 Å². The fourth-order valence-corrected chi connectivity index (χ4v) is 6.32. The number of carbonyl (C=O) groups is 1. The molecule has 0 spiro atoms. The van der Waals surface area contributed by atoms with E-state index in [2.05, 4.69) is 5.16 Å².